The van der Waals surface area contributed by atoms with Crippen molar-refractivity contribution in [1.82, 2.24) is 10.9 Å². The van der Waals surface area contributed by atoms with Crippen LogP contribution in [0.5, 0.6) is 34.5 Å². The third kappa shape index (κ3) is 9.63. The number of hydrazone groups is 2. The first-order valence-electron chi connectivity index (χ1n) is 25.7. The van der Waals surface area contributed by atoms with Crippen molar-refractivity contribution < 1.29 is 93.2 Å². The first-order chi connectivity index (χ1) is 37.8. The highest BCUT2D eigenvalue weighted by molar-refractivity contribution is 6.32. The number of aliphatic hydroxyl groups is 4. The predicted octanol–water partition coefficient (Wildman–Crippen LogP) is 2.37. The minimum absolute atomic E-state index is 0. The summed E-state index contributed by atoms with van der Waals surface area (Å²) in [6.07, 6.45) is -11.1. The fraction of sp³-hybridized carbons (Fsp3) is 0.436. The van der Waals surface area contributed by atoms with Crippen molar-refractivity contribution in [1.29, 1.82) is 0 Å². The van der Waals surface area contributed by atoms with Crippen molar-refractivity contribution in [2.75, 3.05) is 14.2 Å². The van der Waals surface area contributed by atoms with Crippen LogP contribution in [-0.4, -0.2) is 156 Å². The highest BCUT2D eigenvalue weighted by Crippen LogP contribution is 2.55. The number of carbonyl (C=O) groups excluding carboxylic acids is 5. The lowest BCUT2D eigenvalue weighted by Gasteiger charge is -2.42. The number of amides is 2. The van der Waals surface area contributed by atoms with Gasteiger partial charge in [-0.2, -0.15) is 10.2 Å². The van der Waals surface area contributed by atoms with Crippen LogP contribution in [0.15, 0.2) is 46.6 Å². The molecule has 81 heavy (non-hydrogen) atoms. The monoisotopic (exact) mass is 1140 g/mol. The molecule has 12 atom stereocenters. The average molecular weight is 1150 g/mol. The van der Waals surface area contributed by atoms with E-state index >= 15 is 0 Å². The average Bonchev–Trinajstić information content (AvgIpc) is 3.60. The zero-order chi connectivity index (χ0) is 57.8. The fourth-order valence-electron chi connectivity index (χ4n) is 11.8. The van der Waals surface area contributed by atoms with E-state index in [0.717, 1.165) is 0 Å². The second-order valence-electron chi connectivity index (χ2n) is 21.1. The molecule has 0 saturated carbocycles. The number of nitrogens with two attached hydrogens (primary N) is 2. The number of rotatable bonds is 10. The maximum absolute atomic E-state index is 14.2. The minimum Gasteiger partial charge on any atom is -0.507 e. The number of ether oxygens (including phenoxy) is 6. The standard InChI is InChI=1S/C55H60N6O19.ClH/c1-19-43(62)27(56)13-33(77-19)79-31-17-54(73,15-25-37(31)51(70)41-39(47(25)66)45(64)23-9-7-11-29(75-5)35(23)49(41)68)21(3)58-60-53(72)61-59-22(4)55(74)16-26-38(32(18-55)80-34-14-28(57)44(63)20(2)78-34)52(71)42-40(48(26)67)46(65)24-10-8-12-30(76-6)36(24)50(42)69;/h7-12,19-20,27-28,31-34,43-44,62-63,66-67,70-71,73-74H,13-18,56-57H2,1-6H3,(H2,60,61,72);1H/b58-21-,59-22+;. The largest absolute Gasteiger partial charge is 0.507 e. The Labute approximate surface area is 467 Å². The summed E-state index contributed by atoms with van der Waals surface area (Å²) in [5.74, 6) is -6.14. The molecule has 2 amide bonds. The van der Waals surface area contributed by atoms with Crippen LogP contribution in [0.1, 0.15) is 152 Å². The number of hydrogen-bond acceptors (Lipinski definition) is 23. The number of benzene rings is 4. The zero-order valence-electron chi connectivity index (χ0n) is 44.5. The predicted molar refractivity (Wildman–Crippen MR) is 284 cm³/mol. The van der Waals surface area contributed by atoms with Gasteiger partial charge in [0.05, 0.1) is 95.6 Å². The molecule has 4 aromatic carbocycles. The Morgan fingerprint density at radius 1 is 0.605 bits per heavy atom. The smallest absolute Gasteiger partial charge is 0.355 e. The second kappa shape index (κ2) is 21.6. The van der Waals surface area contributed by atoms with Gasteiger partial charge in [0.15, 0.2) is 24.1 Å². The Morgan fingerprint density at radius 3 is 1.31 bits per heavy atom. The first kappa shape index (κ1) is 58.5. The summed E-state index contributed by atoms with van der Waals surface area (Å²) in [4.78, 5) is 70.2. The van der Waals surface area contributed by atoms with Gasteiger partial charge in [0.25, 0.3) is 0 Å². The molecular weight excluding hydrogens is 1080 g/mol. The van der Waals surface area contributed by atoms with E-state index in [2.05, 4.69) is 21.1 Å². The van der Waals surface area contributed by atoms with Crippen molar-refractivity contribution >= 4 is 53.0 Å². The quantitative estimate of drug-likeness (QED) is 0.0532. The van der Waals surface area contributed by atoms with E-state index in [1.54, 1.807) is 13.8 Å². The molecule has 2 heterocycles. The van der Waals surface area contributed by atoms with Crippen molar-refractivity contribution in [3.8, 4) is 34.5 Å². The Kier molecular flexibility index (Phi) is 15.6. The van der Waals surface area contributed by atoms with E-state index in [4.69, 9.17) is 39.9 Å². The summed E-state index contributed by atoms with van der Waals surface area (Å²) in [5, 5.41) is 102. The Hall–Kier alpha value is -7.14. The summed E-state index contributed by atoms with van der Waals surface area (Å²) in [6, 6.07) is 5.82. The fourth-order valence-corrected chi connectivity index (χ4v) is 11.8. The molecule has 14 N–H and O–H groups in total. The van der Waals surface area contributed by atoms with Crippen LogP contribution in [0, 0.1) is 0 Å². The number of nitrogens with one attached hydrogen (secondary N) is 2. The van der Waals surface area contributed by atoms with Crippen LogP contribution in [-0.2, 0) is 31.8 Å². The molecule has 6 aliphatic rings. The lowest BCUT2D eigenvalue weighted by atomic mass is 9.71. The summed E-state index contributed by atoms with van der Waals surface area (Å²) < 4.78 is 35.3. The van der Waals surface area contributed by atoms with Crippen molar-refractivity contribution in [3.63, 3.8) is 0 Å². The number of urea groups is 1. The van der Waals surface area contributed by atoms with Gasteiger partial charge in [0.2, 0.25) is 11.6 Å². The number of halogens is 1. The molecule has 12 unspecified atom stereocenters. The molecule has 432 valence electrons. The molecule has 2 saturated heterocycles. The van der Waals surface area contributed by atoms with Gasteiger partial charge in [-0.15, -0.1) is 12.4 Å². The molecule has 4 aromatic rings. The number of aromatic hydroxyl groups is 4. The Balaban J connectivity index is 0.00000792. The van der Waals surface area contributed by atoms with Gasteiger partial charge in [0.1, 0.15) is 45.7 Å². The van der Waals surface area contributed by atoms with E-state index in [1.807, 2.05) is 0 Å². The number of phenols is 4. The SMILES string of the molecule is COc1cccc2c1C(=O)c1c(O)c3c(c(O)c1C2=O)CC(O)(/C(C)=N\NC(=O)N/N=C(\C)C1(O)Cc2c(O)c4c(c(O)c2C(OC2CC(N)C(O)C(C)O2)C1)C(=O)c1c(OC)cccc1C4=O)CC3OC1CC(N)C(O)C(C)O1.Cl. The molecule has 0 radical (unpaired) electrons. The number of carbonyl (C=O) groups is 5. The molecular formula is C55H61ClN6O19. The summed E-state index contributed by atoms with van der Waals surface area (Å²) in [5.41, 5.74) is 8.83. The third-order valence-corrected chi connectivity index (χ3v) is 16.3. The van der Waals surface area contributed by atoms with Crippen LogP contribution >= 0.6 is 12.4 Å². The van der Waals surface area contributed by atoms with Gasteiger partial charge in [0, 0.05) is 84.0 Å². The van der Waals surface area contributed by atoms with Crippen LogP contribution in [0.3, 0.4) is 0 Å². The first-order valence-corrected chi connectivity index (χ1v) is 25.7. The van der Waals surface area contributed by atoms with E-state index in [9.17, 15) is 64.8 Å². The number of phenolic OH excluding ortho intramolecular Hbond substituents is 4. The molecule has 10 rings (SSSR count). The molecule has 4 aliphatic carbocycles. The van der Waals surface area contributed by atoms with Gasteiger partial charge in [-0.25, -0.2) is 15.6 Å². The maximum atomic E-state index is 14.2. The number of fused-ring (bicyclic) bond motifs is 6. The lowest BCUT2D eigenvalue weighted by Crippen LogP contribution is -2.52. The van der Waals surface area contributed by atoms with Crippen molar-refractivity contribution in [3.05, 3.63) is 103 Å². The zero-order valence-corrected chi connectivity index (χ0v) is 45.3. The number of ketones is 4. The van der Waals surface area contributed by atoms with Crippen LogP contribution in [0.2, 0.25) is 0 Å². The number of methoxy groups -OCH3 is 2. The van der Waals surface area contributed by atoms with Crippen molar-refractivity contribution in [2.24, 2.45) is 21.7 Å². The Bertz CT molecular complexity index is 3150. The highest BCUT2D eigenvalue weighted by Gasteiger charge is 2.51. The maximum Gasteiger partial charge on any atom is 0.355 e. The van der Waals surface area contributed by atoms with Gasteiger partial charge < -0.3 is 80.7 Å². The molecule has 0 spiro atoms. The van der Waals surface area contributed by atoms with E-state index in [0.29, 0.717) is 0 Å². The van der Waals surface area contributed by atoms with Gasteiger partial charge in [-0.05, 0) is 39.8 Å². The van der Waals surface area contributed by atoms with Gasteiger partial charge >= 0.3 is 6.03 Å². The second-order valence-corrected chi connectivity index (χ2v) is 21.1. The molecule has 2 fully saturated rings. The van der Waals surface area contributed by atoms with Crippen LogP contribution in [0.25, 0.3) is 0 Å². The Morgan fingerprint density at radius 2 is 0.963 bits per heavy atom. The molecule has 2 aliphatic heterocycles. The topological polar surface area (TPSA) is 403 Å². The number of hydrogen-bond donors (Lipinski definition) is 12. The molecule has 0 aromatic heterocycles. The molecule has 26 heteroatoms. The summed E-state index contributed by atoms with van der Waals surface area (Å²) in [7, 11) is 2.60. The normalized spacial score (nSPS) is 29.7. The van der Waals surface area contributed by atoms with Crippen LogP contribution in [0.4, 0.5) is 4.79 Å². The van der Waals surface area contributed by atoms with Crippen LogP contribution < -0.4 is 31.8 Å². The van der Waals surface area contributed by atoms with E-state index in [1.165, 1.54) is 64.5 Å². The summed E-state index contributed by atoms with van der Waals surface area (Å²) in [6.45, 7) is 5.78. The van der Waals surface area contributed by atoms with E-state index in [-0.39, 0.29) is 92.7 Å². The highest BCUT2D eigenvalue weighted by atomic mass is 35.5. The minimum atomic E-state index is -2.15. The molecule has 25 nitrogen and oxygen atoms in total. The number of aliphatic hydroxyl groups excluding tert-OH is 2. The van der Waals surface area contributed by atoms with Crippen molar-refractivity contribution in [2.45, 2.75) is 139 Å². The number of nitrogens with zero attached hydrogens (tertiary/aromatic N) is 2. The lowest BCUT2D eigenvalue weighted by molar-refractivity contribution is -0.246. The van der Waals surface area contributed by atoms with Gasteiger partial charge in [-0.3, -0.25) is 19.2 Å². The van der Waals surface area contributed by atoms with Gasteiger partial charge in [-0.1, -0.05) is 24.3 Å². The molecule has 0 bridgehead atoms. The third-order valence-electron chi connectivity index (χ3n) is 16.3. The van der Waals surface area contributed by atoms with E-state index < -0.39 is 173 Å². The summed E-state index contributed by atoms with van der Waals surface area (Å²) >= 11 is 0.